The second kappa shape index (κ2) is 11.0. The Morgan fingerprint density at radius 3 is 2.35 bits per heavy atom. The molecular weight excluding hydrogens is 566 g/mol. The lowest BCUT2D eigenvalue weighted by molar-refractivity contribution is -0.137. The molecule has 4 aromatic rings. The number of nitrogens with zero attached hydrogens (tertiary/aromatic N) is 5. The number of sulfonamides is 1. The Morgan fingerprint density at radius 2 is 1.74 bits per heavy atom. The molecule has 43 heavy (non-hydrogen) atoms. The molecule has 1 amide bonds. The number of aromatic nitrogens is 3. The normalized spacial score (nSPS) is 16.7. The minimum atomic E-state index is -3.59. The van der Waals surface area contributed by atoms with Crippen LogP contribution in [-0.2, 0) is 33.2 Å². The Kier molecular flexibility index (Phi) is 7.31. The van der Waals surface area contributed by atoms with Gasteiger partial charge in [-0.1, -0.05) is 24.3 Å². The molecule has 1 aliphatic carbocycles. The van der Waals surface area contributed by atoms with Crippen LogP contribution in [0.15, 0.2) is 70.5 Å². The fraction of sp³-hybridized carbons (Fsp3) is 0.355. The molecule has 0 bridgehead atoms. The van der Waals surface area contributed by atoms with Crippen LogP contribution in [-0.4, -0.2) is 65.5 Å². The molecule has 2 aromatic carbocycles. The number of hydrogen-bond acceptors (Lipinski definition) is 7. The minimum Gasteiger partial charge on any atom is -0.342 e. The fourth-order valence-electron chi connectivity index (χ4n) is 6.33. The molecular formula is C31H33N7O4S. The van der Waals surface area contributed by atoms with E-state index >= 15 is 0 Å². The lowest BCUT2D eigenvalue weighted by Gasteiger charge is -2.41. The van der Waals surface area contributed by atoms with E-state index in [4.69, 9.17) is 5.10 Å². The number of H-pyrrole nitrogens is 1. The first-order chi connectivity index (χ1) is 20.6. The molecule has 2 aliphatic rings. The quantitative estimate of drug-likeness (QED) is 0.331. The third kappa shape index (κ3) is 5.08. The largest absolute Gasteiger partial charge is 0.342 e. The van der Waals surface area contributed by atoms with E-state index in [-0.39, 0.29) is 28.7 Å². The zero-order valence-corrected chi connectivity index (χ0v) is 24.9. The van der Waals surface area contributed by atoms with Crippen molar-refractivity contribution in [1.82, 2.24) is 24.0 Å². The molecule has 1 aliphatic heterocycles. The summed E-state index contributed by atoms with van der Waals surface area (Å²) in [7, 11) is -0.651. The van der Waals surface area contributed by atoms with Gasteiger partial charge < -0.3 is 15.2 Å². The molecule has 1 fully saturated rings. The average molecular weight is 600 g/mol. The van der Waals surface area contributed by atoms with Gasteiger partial charge in [-0.05, 0) is 67.1 Å². The van der Waals surface area contributed by atoms with Gasteiger partial charge in [0, 0.05) is 45.0 Å². The number of carbonyl (C=O) groups excluding carboxylic acids is 1. The maximum atomic E-state index is 13.5. The van der Waals surface area contributed by atoms with Crippen molar-refractivity contribution in [3.63, 3.8) is 0 Å². The lowest BCUT2D eigenvalue weighted by Crippen LogP contribution is -2.50. The minimum absolute atomic E-state index is 0.0696. The first kappa shape index (κ1) is 28.6. The van der Waals surface area contributed by atoms with E-state index in [1.54, 1.807) is 29.1 Å². The van der Waals surface area contributed by atoms with Crippen molar-refractivity contribution in [2.45, 2.75) is 42.5 Å². The molecule has 2 N–H and O–H groups in total. The van der Waals surface area contributed by atoms with Gasteiger partial charge in [0.15, 0.2) is 5.82 Å². The second-order valence-electron chi connectivity index (χ2n) is 11.5. The number of carbonyl (C=O) groups is 1. The average Bonchev–Trinajstić information content (AvgIpc) is 3.60. The lowest BCUT2D eigenvalue weighted by atomic mass is 9.84. The summed E-state index contributed by atoms with van der Waals surface area (Å²) in [6, 6.07) is 18.5. The van der Waals surface area contributed by atoms with Crippen molar-refractivity contribution in [2.24, 2.45) is 5.92 Å². The van der Waals surface area contributed by atoms with Crippen molar-refractivity contribution in [3.05, 3.63) is 82.3 Å². The molecule has 11 nitrogen and oxygen atoms in total. The monoisotopic (exact) mass is 599 g/mol. The predicted molar refractivity (Wildman–Crippen MR) is 162 cm³/mol. The summed E-state index contributed by atoms with van der Waals surface area (Å²) < 4.78 is 27.9. The Hall–Kier alpha value is -4.47. The van der Waals surface area contributed by atoms with Crippen LogP contribution in [0.2, 0.25) is 0 Å². The topological polar surface area (TPSA) is 144 Å². The van der Waals surface area contributed by atoms with Crippen LogP contribution in [0.1, 0.15) is 30.4 Å². The SMILES string of the molecule is CN(C)S(=O)(=O)c1ccc(Nc2nn(C3(CC#N)CCN(C(=O)C4Cc5ccccc5C4)CC3)c3cc[nH]c(=O)c23)cc1. The number of likely N-dealkylation sites (tertiary alicyclic amines) is 1. The van der Waals surface area contributed by atoms with Crippen molar-refractivity contribution < 1.29 is 13.2 Å². The Bertz CT molecular complexity index is 1870. The molecule has 6 rings (SSSR count). The van der Waals surface area contributed by atoms with Crippen molar-refractivity contribution in [3.8, 4) is 6.07 Å². The van der Waals surface area contributed by atoms with E-state index in [1.165, 1.54) is 37.4 Å². The second-order valence-corrected chi connectivity index (χ2v) is 13.7. The first-order valence-corrected chi connectivity index (χ1v) is 15.7. The number of benzene rings is 2. The van der Waals surface area contributed by atoms with Gasteiger partial charge in [-0.3, -0.25) is 14.3 Å². The van der Waals surface area contributed by atoms with Crippen LogP contribution in [0.4, 0.5) is 11.5 Å². The van der Waals surface area contributed by atoms with Crippen molar-refractivity contribution in [1.29, 1.82) is 5.26 Å². The molecule has 0 atom stereocenters. The maximum absolute atomic E-state index is 13.5. The summed E-state index contributed by atoms with van der Waals surface area (Å²) in [4.78, 5) is 31.3. The molecule has 0 unspecified atom stereocenters. The van der Waals surface area contributed by atoms with Crippen LogP contribution in [0, 0.1) is 17.2 Å². The third-order valence-corrected chi connectivity index (χ3v) is 10.6. The number of pyridine rings is 1. The van der Waals surface area contributed by atoms with Gasteiger partial charge in [0.05, 0.1) is 28.4 Å². The van der Waals surface area contributed by atoms with Crippen LogP contribution in [0.5, 0.6) is 0 Å². The van der Waals surface area contributed by atoms with Gasteiger partial charge in [0.2, 0.25) is 15.9 Å². The number of piperidine rings is 1. The number of nitrogens with one attached hydrogen (secondary N) is 2. The van der Waals surface area contributed by atoms with E-state index in [0.29, 0.717) is 48.3 Å². The summed E-state index contributed by atoms with van der Waals surface area (Å²) in [5, 5.41) is 18.2. The van der Waals surface area contributed by atoms with Gasteiger partial charge in [-0.2, -0.15) is 10.4 Å². The van der Waals surface area contributed by atoms with Crippen LogP contribution < -0.4 is 10.9 Å². The predicted octanol–water partition coefficient (Wildman–Crippen LogP) is 3.36. The van der Waals surface area contributed by atoms with E-state index in [2.05, 4.69) is 28.5 Å². The Labute approximate surface area is 249 Å². The van der Waals surface area contributed by atoms with Gasteiger partial charge in [-0.15, -0.1) is 0 Å². The number of fused-ring (bicyclic) bond motifs is 2. The molecule has 0 radical (unpaired) electrons. The smallest absolute Gasteiger partial charge is 0.261 e. The molecule has 3 heterocycles. The highest BCUT2D eigenvalue weighted by Crippen LogP contribution is 2.38. The number of amides is 1. The molecule has 0 spiro atoms. The number of rotatable bonds is 7. The van der Waals surface area contributed by atoms with Gasteiger partial charge >= 0.3 is 0 Å². The third-order valence-electron chi connectivity index (χ3n) is 8.76. The molecule has 2 aromatic heterocycles. The van der Waals surface area contributed by atoms with Gasteiger partial charge in [-0.25, -0.2) is 12.7 Å². The van der Waals surface area contributed by atoms with E-state index in [0.717, 1.165) is 17.1 Å². The van der Waals surface area contributed by atoms with E-state index < -0.39 is 15.6 Å². The zero-order valence-electron chi connectivity index (χ0n) is 24.1. The van der Waals surface area contributed by atoms with Crippen LogP contribution >= 0.6 is 0 Å². The zero-order chi connectivity index (χ0) is 30.4. The summed E-state index contributed by atoms with van der Waals surface area (Å²) in [6.07, 6.45) is 4.27. The summed E-state index contributed by atoms with van der Waals surface area (Å²) >= 11 is 0. The highest BCUT2D eigenvalue weighted by Gasteiger charge is 2.41. The maximum Gasteiger partial charge on any atom is 0.261 e. The number of nitriles is 1. The Balaban J connectivity index is 1.27. The van der Waals surface area contributed by atoms with Crippen molar-refractivity contribution >= 4 is 38.3 Å². The first-order valence-electron chi connectivity index (χ1n) is 14.3. The molecule has 222 valence electrons. The van der Waals surface area contributed by atoms with Gasteiger partial charge in [0.25, 0.3) is 5.56 Å². The standard InChI is InChI=1S/C31H33N7O4S/c1-36(2)43(41,42)25-9-7-24(8-10-25)34-28-27-26(11-16-33-29(27)39)38(35-28)31(12-15-32)13-17-37(18-14-31)30(40)23-19-21-5-3-4-6-22(21)20-23/h3-11,16,23H,12-14,17-20H2,1-2H3,(H,33,39)(H,34,35). The highest BCUT2D eigenvalue weighted by atomic mass is 32.2. The van der Waals surface area contributed by atoms with Crippen molar-refractivity contribution in [2.75, 3.05) is 32.5 Å². The number of aromatic amines is 1. The highest BCUT2D eigenvalue weighted by molar-refractivity contribution is 7.89. The Morgan fingerprint density at radius 1 is 1.09 bits per heavy atom. The molecule has 1 saturated heterocycles. The summed E-state index contributed by atoms with van der Waals surface area (Å²) in [6.45, 7) is 0.977. The van der Waals surface area contributed by atoms with Gasteiger partial charge in [0.1, 0.15) is 5.39 Å². The number of anilines is 2. The summed E-state index contributed by atoms with van der Waals surface area (Å²) in [5.41, 5.74) is 2.57. The fourth-order valence-corrected chi connectivity index (χ4v) is 7.23. The van der Waals surface area contributed by atoms with E-state index in [1.807, 2.05) is 17.0 Å². The molecule has 0 saturated carbocycles. The van der Waals surface area contributed by atoms with E-state index in [9.17, 15) is 23.3 Å². The van der Waals surface area contributed by atoms with Crippen LogP contribution in [0.3, 0.4) is 0 Å². The number of hydrogen-bond donors (Lipinski definition) is 2. The molecule has 12 heteroatoms. The summed E-state index contributed by atoms with van der Waals surface area (Å²) in [5.74, 6) is 0.380. The van der Waals surface area contributed by atoms with Crippen LogP contribution in [0.25, 0.3) is 10.9 Å².